The Kier molecular flexibility index (Phi) is 17.6. The van der Waals surface area contributed by atoms with Gasteiger partial charge in [-0.2, -0.15) is 10.5 Å². The fourth-order valence-corrected chi connectivity index (χ4v) is 6.93. The molecule has 9 rings (SSSR count). The molecule has 4 N–H and O–H groups in total. The Labute approximate surface area is 440 Å². The summed E-state index contributed by atoms with van der Waals surface area (Å²) in [4.78, 5) is 33.1. The molecule has 19 nitrogen and oxygen atoms in total. The first-order valence-electron chi connectivity index (χ1n) is 22.0. The summed E-state index contributed by atoms with van der Waals surface area (Å²) in [5.74, 6) is 3.56. The van der Waals surface area contributed by atoms with E-state index in [0.717, 1.165) is 0 Å². The quantitative estimate of drug-likeness (QED) is 0.0584. The number of hydrogen-bond acceptors (Lipinski definition) is 14. The van der Waals surface area contributed by atoms with Crippen LogP contribution < -0.4 is 79.6 Å². The van der Waals surface area contributed by atoms with Crippen molar-refractivity contribution in [1.82, 2.24) is 25.0 Å². The number of ether oxygens (including phenoxy) is 5. The molecule has 0 saturated heterocycles. The molecule has 0 spiro atoms. The summed E-state index contributed by atoms with van der Waals surface area (Å²) in [6.45, 7) is 1.07. The van der Waals surface area contributed by atoms with Gasteiger partial charge in [0.25, 0.3) is 0 Å². The number of aromatic nitrogens is 5. The molecule has 6 aromatic carbocycles. The molecule has 3 heterocycles. The number of nitrogens with one attached hydrogen (secondary N) is 4. The van der Waals surface area contributed by atoms with Crippen LogP contribution in [0.25, 0.3) is 21.8 Å². The molecule has 0 aliphatic rings. The smallest absolute Gasteiger partial charge is 0.872 e. The van der Waals surface area contributed by atoms with Crippen molar-refractivity contribution in [2.24, 2.45) is 0 Å². The summed E-state index contributed by atoms with van der Waals surface area (Å²) in [5.41, 5.74) is 3.93. The fraction of sp³-hybridized carbons (Fsp3) is 0.0943. The van der Waals surface area contributed by atoms with Gasteiger partial charge < -0.3 is 50.1 Å². The van der Waals surface area contributed by atoms with Crippen LogP contribution in [0.3, 0.4) is 0 Å². The van der Waals surface area contributed by atoms with Gasteiger partial charge in [0.2, 0.25) is 0 Å². The second-order valence-electron chi connectivity index (χ2n) is 15.3. The molecular formula is C53H42N11NaO8. The van der Waals surface area contributed by atoms with E-state index >= 15 is 0 Å². The Balaban J connectivity index is 0.000000216. The Morgan fingerprint density at radius 2 is 1.01 bits per heavy atom. The van der Waals surface area contributed by atoms with Gasteiger partial charge in [-0.3, -0.25) is 14.6 Å². The number of urea groups is 2. The topological polar surface area (TPSA) is 256 Å². The van der Waals surface area contributed by atoms with Crippen LogP contribution in [-0.4, -0.2) is 57.9 Å². The van der Waals surface area contributed by atoms with Crippen LogP contribution in [0.15, 0.2) is 158 Å². The number of rotatable bonds is 15. The molecule has 20 heteroatoms. The Morgan fingerprint density at radius 3 is 1.44 bits per heavy atom. The van der Waals surface area contributed by atoms with Crippen LogP contribution >= 0.6 is 0 Å². The number of aryl methyl sites for hydroxylation is 1. The number of amides is 4. The normalized spacial score (nSPS) is 10.2. The minimum absolute atomic E-state index is 0. The van der Waals surface area contributed by atoms with Crippen molar-refractivity contribution in [1.29, 1.82) is 10.5 Å². The molecular weight excluding hydrogens is 942 g/mol. The zero-order valence-electron chi connectivity index (χ0n) is 39.5. The van der Waals surface area contributed by atoms with Gasteiger partial charge in [0.15, 0.2) is 0 Å². The van der Waals surface area contributed by atoms with Gasteiger partial charge in [0.05, 0.1) is 49.7 Å². The van der Waals surface area contributed by atoms with Crippen molar-refractivity contribution in [3.8, 4) is 58.1 Å². The zero-order chi connectivity index (χ0) is 50.2. The van der Waals surface area contributed by atoms with Crippen molar-refractivity contribution in [3.63, 3.8) is 0 Å². The molecule has 0 saturated carbocycles. The largest absolute Gasteiger partial charge is 1.00 e. The average molecular weight is 984 g/mol. The fourth-order valence-electron chi connectivity index (χ4n) is 6.93. The summed E-state index contributed by atoms with van der Waals surface area (Å²) in [6, 6.07) is 40.7. The second kappa shape index (κ2) is 24.9. The van der Waals surface area contributed by atoms with Gasteiger partial charge in [0.1, 0.15) is 46.3 Å². The van der Waals surface area contributed by atoms with Crippen LogP contribution in [0, 0.1) is 22.7 Å². The molecule has 0 fully saturated rings. The van der Waals surface area contributed by atoms with Gasteiger partial charge in [-0.1, -0.05) is 11.0 Å². The molecule has 0 aliphatic heterocycles. The van der Waals surface area contributed by atoms with E-state index < -0.39 is 0 Å². The average Bonchev–Trinajstić information content (AvgIpc) is 3.93. The molecule has 0 radical (unpaired) electrons. The molecule has 0 aliphatic carbocycles. The molecule has 0 bridgehead atoms. The van der Waals surface area contributed by atoms with Crippen LogP contribution in [0.4, 0.5) is 32.3 Å². The number of methoxy groups -OCH3 is 2. The molecule has 9 aromatic rings. The van der Waals surface area contributed by atoms with Gasteiger partial charge in [0, 0.05) is 76.7 Å². The summed E-state index contributed by atoms with van der Waals surface area (Å²) < 4.78 is 29.8. The van der Waals surface area contributed by atoms with Gasteiger partial charge in [-0.05, 0) is 127 Å². The maximum Gasteiger partial charge on any atom is 1.00 e. The minimum atomic E-state index is -0.388. The standard InChI is InChI=1S/C29H25N7O4.C24H18N4O4.Na/c1-38-23-7-3-21(4-8-23)33-29(37)34-22-5-9-24(10-6-22)40-27-11-12-31-26-18-28(20(19-30)17-25(26)27)39-16-2-14-36-15-13-32-35-36;1-31-18-6-2-16(3-7-18)27-24(30)28-17-4-8-19(9-5-17)32-23-10-11-26-21-13-22(29)15(14-25)12-20(21)23;/h3-13,15,17-18H,2,14,16H2,1H3,(H2,33,34,37);2-13,29H,1H3,(H2,27,28,30);/q;;+1/p-1. The first kappa shape index (κ1) is 51.5. The maximum atomic E-state index is 12.3. The molecule has 4 amide bonds. The predicted octanol–water partition coefficient (Wildman–Crippen LogP) is 7.24. The number of anilines is 4. The van der Waals surface area contributed by atoms with Crippen molar-refractivity contribution < 1.29 is 67.9 Å². The third-order valence-corrected chi connectivity index (χ3v) is 10.5. The number of hydrogen-bond donors (Lipinski definition) is 4. The molecule has 0 atom stereocenters. The van der Waals surface area contributed by atoms with E-state index in [1.54, 1.807) is 159 Å². The van der Waals surface area contributed by atoms with Crippen molar-refractivity contribution in [3.05, 3.63) is 169 Å². The monoisotopic (exact) mass is 983 g/mol. The summed E-state index contributed by atoms with van der Waals surface area (Å²) >= 11 is 0. The number of carbonyl (C=O) groups is 2. The number of fused-ring (bicyclic) bond motifs is 2. The minimum Gasteiger partial charge on any atom is -0.872 e. The third kappa shape index (κ3) is 13.9. The predicted molar refractivity (Wildman–Crippen MR) is 267 cm³/mol. The number of nitriles is 2. The van der Waals surface area contributed by atoms with Crippen LogP contribution in [0.2, 0.25) is 0 Å². The van der Waals surface area contributed by atoms with Crippen LogP contribution in [0.5, 0.6) is 46.0 Å². The number of carbonyl (C=O) groups excluding carboxylic acids is 2. The van der Waals surface area contributed by atoms with E-state index in [-0.39, 0.29) is 52.9 Å². The number of pyridine rings is 2. The van der Waals surface area contributed by atoms with E-state index in [4.69, 9.17) is 28.9 Å². The van der Waals surface area contributed by atoms with Crippen molar-refractivity contribution >= 4 is 56.6 Å². The first-order valence-corrected chi connectivity index (χ1v) is 22.0. The number of benzene rings is 6. The number of nitrogens with zero attached hydrogens (tertiary/aromatic N) is 7. The zero-order valence-corrected chi connectivity index (χ0v) is 41.5. The van der Waals surface area contributed by atoms with Crippen LogP contribution in [0.1, 0.15) is 17.5 Å². The van der Waals surface area contributed by atoms with E-state index in [1.165, 1.54) is 18.3 Å². The summed E-state index contributed by atoms with van der Waals surface area (Å²) in [6.07, 6.45) is 7.28. The Bertz CT molecular complexity index is 3410. The van der Waals surface area contributed by atoms with Crippen molar-refractivity contribution in [2.75, 3.05) is 42.1 Å². The van der Waals surface area contributed by atoms with Crippen LogP contribution in [-0.2, 0) is 6.54 Å². The Hall–Kier alpha value is -9.40. The molecule has 3 aromatic heterocycles. The second-order valence-corrected chi connectivity index (χ2v) is 15.3. The third-order valence-electron chi connectivity index (χ3n) is 10.5. The first-order chi connectivity index (χ1) is 35.2. The van der Waals surface area contributed by atoms with Gasteiger partial charge >= 0.3 is 41.6 Å². The van der Waals surface area contributed by atoms with E-state index in [0.29, 0.717) is 110 Å². The van der Waals surface area contributed by atoms with E-state index in [2.05, 4.69) is 47.6 Å². The SMILES string of the molecule is COc1ccc(NC(=O)Nc2ccc(Oc3ccnc4cc(OCCCn5ccnn5)c(C#N)cc34)cc2)cc1.COc1ccc(NC(=O)Nc2ccc(Oc3ccnc4cc([O-])c(C#N)cc34)cc2)cc1.[Na+]. The van der Waals surface area contributed by atoms with E-state index in [1.807, 2.05) is 6.07 Å². The summed E-state index contributed by atoms with van der Waals surface area (Å²) in [5, 5.41) is 50.7. The molecule has 358 valence electrons. The van der Waals surface area contributed by atoms with Gasteiger partial charge in [-0.15, -0.1) is 5.10 Å². The Morgan fingerprint density at radius 1 is 0.575 bits per heavy atom. The van der Waals surface area contributed by atoms with Gasteiger partial charge in [-0.25, -0.2) is 9.59 Å². The summed E-state index contributed by atoms with van der Waals surface area (Å²) in [7, 11) is 3.16. The molecule has 0 unspecified atom stereocenters. The van der Waals surface area contributed by atoms with E-state index in [9.17, 15) is 20.0 Å². The molecule has 73 heavy (non-hydrogen) atoms. The van der Waals surface area contributed by atoms with Crippen molar-refractivity contribution in [2.45, 2.75) is 13.0 Å². The maximum absolute atomic E-state index is 12.3.